The van der Waals surface area contributed by atoms with E-state index in [0.29, 0.717) is 0 Å². The molecular weight excluding hydrogens is 348 g/mol. The van der Waals surface area contributed by atoms with Crippen molar-refractivity contribution in [2.45, 2.75) is 125 Å². The molecule has 0 amide bonds. The van der Waals surface area contributed by atoms with E-state index in [0.717, 1.165) is 59.2 Å². The van der Waals surface area contributed by atoms with Crippen molar-refractivity contribution in [3.8, 4) is 0 Å². The van der Waals surface area contributed by atoms with Gasteiger partial charge in [0, 0.05) is 0 Å². The molecule has 0 bridgehead atoms. The van der Waals surface area contributed by atoms with Gasteiger partial charge in [-0.15, -0.1) is 0 Å². The van der Waals surface area contributed by atoms with Crippen molar-refractivity contribution in [3.05, 3.63) is 0 Å². The van der Waals surface area contributed by atoms with Crippen LogP contribution in [0.15, 0.2) is 0 Å². The molecule has 0 saturated heterocycles. The summed E-state index contributed by atoms with van der Waals surface area (Å²) in [5.41, 5.74) is 0. The molecular formula is C29H54. The van der Waals surface area contributed by atoms with Crippen LogP contribution in [0.25, 0.3) is 0 Å². The van der Waals surface area contributed by atoms with Gasteiger partial charge in [-0.05, 0) is 97.7 Å². The molecule has 0 nitrogen and oxygen atoms in total. The molecule has 29 heavy (non-hydrogen) atoms. The molecule has 4 aliphatic rings. The van der Waals surface area contributed by atoms with Crippen molar-refractivity contribution in [2.24, 2.45) is 59.2 Å². The summed E-state index contributed by atoms with van der Waals surface area (Å²) in [4.78, 5) is 0. The number of fused-ring (bicyclic) bond motifs is 1. The molecule has 4 fully saturated rings. The largest absolute Gasteiger partial charge is 0.0651 e. The molecule has 0 aromatic carbocycles. The second-order valence-corrected chi connectivity index (χ2v) is 12.5. The van der Waals surface area contributed by atoms with Crippen LogP contribution in [0.3, 0.4) is 0 Å². The lowest BCUT2D eigenvalue weighted by atomic mass is 9.57. The summed E-state index contributed by atoms with van der Waals surface area (Å²) >= 11 is 0. The number of hydrogen-bond acceptors (Lipinski definition) is 0. The average Bonchev–Trinajstić information content (AvgIpc) is 3.18. The Bertz CT molecular complexity index is 449. The van der Waals surface area contributed by atoms with Crippen LogP contribution in [0.4, 0.5) is 0 Å². The molecule has 0 heterocycles. The molecule has 0 aliphatic heterocycles. The molecule has 0 spiro atoms. The Labute approximate surface area is 184 Å². The topological polar surface area (TPSA) is 0 Å². The van der Waals surface area contributed by atoms with Crippen LogP contribution in [-0.4, -0.2) is 0 Å². The highest BCUT2D eigenvalue weighted by atomic mass is 14.5. The number of rotatable bonds is 3. The van der Waals surface area contributed by atoms with E-state index in [9.17, 15) is 0 Å². The summed E-state index contributed by atoms with van der Waals surface area (Å²) in [6, 6.07) is 0. The van der Waals surface area contributed by atoms with E-state index in [1.54, 1.807) is 32.1 Å². The van der Waals surface area contributed by atoms with Crippen LogP contribution in [0, 0.1) is 59.2 Å². The molecule has 4 saturated carbocycles. The molecule has 4 aliphatic carbocycles. The smallest absolute Gasteiger partial charge is 0.0326 e. The maximum Gasteiger partial charge on any atom is -0.0326 e. The van der Waals surface area contributed by atoms with E-state index in [1.807, 2.05) is 0 Å². The quantitative estimate of drug-likeness (QED) is 0.441. The highest BCUT2D eigenvalue weighted by Crippen LogP contribution is 2.55. The maximum atomic E-state index is 2.60. The zero-order chi connectivity index (χ0) is 21.0. The lowest BCUT2D eigenvalue weighted by molar-refractivity contribution is 0.00840. The maximum absolute atomic E-state index is 2.60. The zero-order valence-corrected chi connectivity index (χ0v) is 21.0. The van der Waals surface area contributed by atoms with E-state index in [4.69, 9.17) is 0 Å². The second-order valence-electron chi connectivity index (χ2n) is 12.5. The summed E-state index contributed by atoms with van der Waals surface area (Å²) in [7, 11) is 0. The SMILES string of the molecule is CC(C)C1CCC(C2C(C)C(C)CC3CCCC32)CC1.CCC1CCC(C)CC1. The van der Waals surface area contributed by atoms with Gasteiger partial charge >= 0.3 is 0 Å². The Morgan fingerprint density at radius 2 is 1.38 bits per heavy atom. The van der Waals surface area contributed by atoms with Gasteiger partial charge < -0.3 is 0 Å². The van der Waals surface area contributed by atoms with E-state index in [1.165, 1.54) is 51.4 Å². The molecule has 0 aromatic rings. The molecule has 0 N–H and O–H groups in total. The summed E-state index contributed by atoms with van der Waals surface area (Å²) < 4.78 is 0. The van der Waals surface area contributed by atoms with Crippen molar-refractivity contribution >= 4 is 0 Å². The van der Waals surface area contributed by atoms with Crippen LogP contribution >= 0.6 is 0 Å². The minimum atomic E-state index is 0.915. The lowest BCUT2D eigenvalue weighted by Gasteiger charge is -2.48. The first-order valence-corrected chi connectivity index (χ1v) is 13.9. The van der Waals surface area contributed by atoms with Gasteiger partial charge in [0.1, 0.15) is 0 Å². The fourth-order valence-corrected chi connectivity index (χ4v) is 8.04. The van der Waals surface area contributed by atoms with Gasteiger partial charge in [0.15, 0.2) is 0 Å². The van der Waals surface area contributed by atoms with Crippen LogP contribution < -0.4 is 0 Å². The fourth-order valence-electron chi connectivity index (χ4n) is 8.04. The van der Waals surface area contributed by atoms with Gasteiger partial charge in [-0.25, -0.2) is 0 Å². The Kier molecular flexibility index (Phi) is 9.01. The standard InChI is InChI=1S/C20H36.C9H18/c1-13(2)16-8-10-17(11-9-16)20-15(4)14(3)12-18-6-5-7-19(18)20;1-3-9-6-4-8(2)5-7-9/h13-20H,5-12H2,1-4H3;8-9H,3-7H2,1-2H3. The van der Waals surface area contributed by atoms with E-state index >= 15 is 0 Å². The summed E-state index contributed by atoms with van der Waals surface area (Å²) in [5.74, 6) is 10.4. The van der Waals surface area contributed by atoms with E-state index in [-0.39, 0.29) is 0 Å². The highest BCUT2D eigenvalue weighted by molar-refractivity contribution is 4.96. The van der Waals surface area contributed by atoms with Crippen LogP contribution in [0.1, 0.15) is 125 Å². The predicted molar refractivity (Wildman–Crippen MR) is 129 cm³/mol. The van der Waals surface area contributed by atoms with Crippen molar-refractivity contribution in [1.82, 2.24) is 0 Å². The normalized spacial score (nSPS) is 45.4. The van der Waals surface area contributed by atoms with Gasteiger partial charge in [-0.1, -0.05) is 86.5 Å². The Morgan fingerprint density at radius 1 is 0.724 bits per heavy atom. The van der Waals surface area contributed by atoms with Gasteiger partial charge in [-0.2, -0.15) is 0 Å². The monoisotopic (exact) mass is 402 g/mol. The van der Waals surface area contributed by atoms with Crippen LogP contribution in [-0.2, 0) is 0 Å². The number of hydrogen-bond donors (Lipinski definition) is 0. The van der Waals surface area contributed by atoms with Crippen molar-refractivity contribution < 1.29 is 0 Å². The third-order valence-corrected chi connectivity index (χ3v) is 10.4. The highest BCUT2D eigenvalue weighted by Gasteiger charge is 2.46. The van der Waals surface area contributed by atoms with Gasteiger partial charge in [0.25, 0.3) is 0 Å². The molecule has 0 aromatic heterocycles. The Morgan fingerprint density at radius 3 is 1.97 bits per heavy atom. The summed E-state index contributed by atoms with van der Waals surface area (Å²) in [6.07, 6.45) is 19.7. The van der Waals surface area contributed by atoms with Crippen molar-refractivity contribution in [2.75, 3.05) is 0 Å². The Hall–Kier alpha value is 0. The third kappa shape index (κ3) is 6.04. The van der Waals surface area contributed by atoms with Gasteiger partial charge in [-0.3, -0.25) is 0 Å². The Balaban J connectivity index is 0.000000224. The lowest BCUT2D eigenvalue weighted by Crippen LogP contribution is -2.41. The molecule has 5 unspecified atom stereocenters. The first kappa shape index (κ1) is 23.7. The molecule has 4 rings (SSSR count). The van der Waals surface area contributed by atoms with Crippen LogP contribution in [0.2, 0.25) is 0 Å². The first-order valence-electron chi connectivity index (χ1n) is 13.9. The van der Waals surface area contributed by atoms with Gasteiger partial charge in [0.05, 0.1) is 0 Å². The first-order chi connectivity index (χ1) is 13.9. The summed E-state index contributed by atoms with van der Waals surface area (Å²) in [6.45, 7) is 14.7. The minimum Gasteiger partial charge on any atom is -0.0651 e. The van der Waals surface area contributed by atoms with E-state index < -0.39 is 0 Å². The minimum absolute atomic E-state index is 0.915. The summed E-state index contributed by atoms with van der Waals surface area (Å²) in [5, 5.41) is 0. The molecule has 0 radical (unpaired) electrons. The van der Waals surface area contributed by atoms with Gasteiger partial charge in [0.2, 0.25) is 0 Å². The fraction of sp³-hybridized carbons (Fsp3) is 1.00. The van der Waals surface area contributed by atoms with Crippen molar-refractivity contribution in [3.63, 3.8) is 0 Å². The molecule has 0 heteroatoms. The third-order valence-electron chi connectivity index (χ3n) is 10.4. The van der Waals surface area contributed by atoms with E-state index in [2.05, 4.69) is 41.5 Å². The van der Waals surface area contributed by atoms with Crippen LogP contribution in [0.5, 0.6) is 0 Å². The average molecular weight is 403 g/mol. The second kappa shape index (κ2) is 11.0. The predicted octanol–water partition coefficient (Wildman–Crippen LogP) is 9.38. The van der Waals surface area contributed by atoms with Crippen molar-refractivity contribution in [1.29, 1.82) is 0 Å². The molecule has 5 atom stereocenters. The zero-order valence-electron chi connectivity index (χ0n) is 21.0. The molecule has 170 valence electrons.